The maximum Gasteiger partial charge on any atom is 0.261 e. The van der Waals surface area contributed by atoms with Crippen molar-refractivity contribution in [1.29, 1.82) is 0 Å². The zero-order valence-electron chi connectivity index (χ0n) is 17.6. The lowest BCUT2D eigenvalue weighted by molar-refractivity contribution is -0.142. The van der Waals surface area contributed by atoms with Crippen LogP contribution in [0.1, 0.15) is 37.8 Å². The molecule has 0 aliphatic carbocycles. The Morgan fingerprint density at radius 3 is 2.67 bits per heavy atom. The van der Waals surface area contributed by atoms with Gasteiger partial charge < -0.3 is 15.0 Å². The Hall–Kier alpha value is -2.05. The van der Waals surface area contributed by atoms with Gasteiger partial charge in [-0.15, -0.1) is 0 Å². The number of aryl methyl sites for hydroxylation is 1. The molecule has 0 aromatic heterocycles. The number of ether oxygens (including phenoxy) is 1. The number of hydrogen-bond acceptors (Lipinski definition) is 3. The zero-order chi connectivity index (χ0) is 22.1. The molecule has 5 nitrogen and oxygen atoms in total. The Morgan fingerprint density at radius 2 is 2.00 bits per heavy atom. The van der Waals surface area contributed by atoms with Gasteiger partial charge in [0.15, 0.2) is 6.61 Å². The van der Waals surface area contributed by atoms with Crippen LogP contribution in [-0.4, -0.2) is 35.9 Å². The van der Waals surface area contributed by atoms with Gasteiger partial charge in [-0.3, -0.25) is 9.59 Å². The summed E-state index contributed by atoms with van der Waals surface area (Å²) in [6.07, 6.45) is 1.89. The zero-order valence-corrected chi connectivity index (χ0v) is 19.9. The molecule has 0 unspecified atom stereocenters. The van der Waals surface area contributed by atoms with E-state index in [1.807, 2.05) is 31.2 Å². The summed E-state index contributed by atoms with van der Waals surface area (Å²) in [5.74, 6) is 0.127. The van der Waals surface area contributed by atoms with Crippen LogP contribution in [0.4, 0.5) is 0 Å². The van der Waals surface area contributed by atoms with Gasteiger partial charge in [0.05, 0.1) is 0 Å². The molecule has 0 bridgehead atoms. The van der Waals surface area contributed by atoms with Crippen molar-refractivity contribution in [3.05, 3.63) is 63.1 Å². The highest BCUT2D eigenvalue weighted by molar-refractivity contribution is 9.10. The van der Waals surface area contributed by atoms with Crippen LogP contribution in [0.5, 0.6) is 5.75 Å². The van der Waals surface area contributed by atoms with E-state index in [-0.39, 0.29) is 18.4 Å². The Balaban J connectivity index is 2.12. The van der Waals surface area contributed by atoms with Crippen LogP contribution in [0.3, 0.4) is 0 Å². The number of nitrogens with one attached hydrogen (secondary N) is 1. The summed E-state index contributed by atoms with van der Waals surface area (Å²) in [5.41, 5.74) is 1.80. The van der Waals surface area contributed by atoms with Gasteiger partial charge in [0.25, 0.3) is 5.91 Å². The molecular formula is C23H28BrClN2O3. The van der Waals surface area contributed by atoms with E-state index in [2.05, 4.69) is 28.2 Å². The number of carbonyl (C=O) groups excluding carboxylic acids is 2. The Labute approximate surface area is 191 Å². The molecule has 2 aromatic rings. The molecule has 0 saturated carbocycles. The first-order chi connectivity index (χ1) is 14.3. The monoisotopic (exact) mass is 494 g/mol. The normalized spacial score (nSPS) is 11.6. The maximum atomic E-state index is 13.0. The maximum absolute atomic E-state index is 13.0. The number of hydrogen-bond donors (Lipinski definition) is 1. The molecular weight excluding hydrogens is 468 g/mol. The lowest BCUT2D eigenvalue weighted by Crippen LogP contribution is -2.49. The predicted molar refractivity (Wildman–Crippen MR) is 124 cm³/mol. The molecule has 30 heavy (non-hydrogen) atoms. The first-order valence-electron chi connectivity index (χ1n) is 10.0. The van der Waals surface area contributed by atoms with Gasteiger partial charge in [0.1, 0.15) is 11.8 Å². The number of halogens is 2. The third-order valence-electron chi connectivity index (χ3n) is 4.73. The molecule has 0 saturated heterocycles. The smallest absolute Gasteiger partial charge is 0.261 e. The Kier molecular flexibility index (Phi) is 9.66. The first kappa shape index (κ1) is 24.2. The predicted octanol–water partition coefficient (Wildman–Crippen LogP) is 5.12. The van der Waals surface area contributed by atoms with Crippen LogP contribution >= 0.6 is 27.5 Å². The van der Waals surface area contributed by atoms with Gasteiger partial charge in [0, 0.05) is 22.6 Å². The van der Waals surface area contributed by atoms with Crippen molar-refractivity contribution < 1.29 is 14.3 Å². The van der Waals surface area contributed by atoms with Gasteiger partial charge in [-0.2, -0.15) is 0 Å². The van der Waals surface area contributed by atoms with Gasteiger partial charge >= 0.3 is 0 Å². The van der Waals surface area contributed by atoms with Crippen molar-refractivity contribution in [2.75, 3.05) is 13.2 Å². The van der Waals surface area contributed by atoms with Crippen LogP contribution in [0.2, 0.25) is 5.02 Å². The SMILES string of the molecule is CCCCNC(=O)[C@@H](C)N(Cc1cccc(Br)c1)C(=O)COc1ccc(Cl)c(C)c1. The number of rotatable bonds is 10. The topological polar surface area (TPSA) is 58.6 Å². The summed E-state index contributed by atoms with van der Waals surface area (Å²) in [5, 5.41) is 3.55. The fraction of sp³-hybridized carbons (Fsp3) is 0.391. The molecule has 0 aliphatic rings. The second-order valence-corrected chi connectivity index (χ2v) is 8.49. The molecule has 0 spiro atoms. The lowest BCUT2D eigenvalue weighted by atomic mass is 10.1. The third kappa shape index (κ3) is 7.33. The minimum Gasteiger partial charge on any atom is -0.484 e. The highest BCUT2D eigenvalue weighted by Gasteiger charge is 2.26. The van der Waals surface area contributed by atoms with Crippen molar-refractivity contribution in [3.8, 4) is 5.75 Å². The summed E-state index contributed by atoms with van der Waals surface area (Å²) in [6, 6.07) is 12.3. The van der Waals surface area contributed by atoms with Crippen molar-refractivity contribution in [3.63, 3.8) is 0 Å². The van der Waals surface area contributed by atoms with E-state index >= 15 is 0 Å². The van der Waals surface area contributed by atoms with Crippen LogP contribution in [0.15, 0.2) is 46.9 Å². The molecule has 2 rings (SSSR count). The van der Waals surface area contributed by atoms with E-state index in [9.17, 15) is 9.59 Å². The standard InChI is InChI=1S/C23H28BrClN2O3/c1-4-5-11-26-23(29)17(3)27(14-18-7-6-8-19(24)13-18)22(28)15-30-20-9-10-21(25)16(2)12-20/h6-10,12-13,17H,4-5,11,14-15H2,1-3H3,(H,26,29)/t17-/m1/s1. The molecule has 7 heteroatoms. The number of unbranched alkanes of at least 4 members (excludes halogenated alkanes) is 1. The molecule has 0 heterocycles. The second-order valence-electron chi connectivity index (χ2n) is 7.17. The van der Waals surface area contributed by atoms with Gasteiger partial charge in [-0.05, 0) is 61.7 Å². The van der Waals surface area contributed by atoms with Gasteiger partial charge in [-0.1, -0.05) is 53.0 Å². The lowest BCUT2D eigenvalue weighted by Gasteiger charge is -2.29. The van der Waals surface area contributed by atoms with Crippen molar-refractivity contribution >= 4 is 39.3 Å². The number of amides is 2. The van der Waals surface area contributed by atoms with E-state index in [1.54, 1.807) is 30.0 Å². The Morgan fingerprint density at radius 1 is 1.23 bits per heavy atom. The number of carbonyl (C=O) groups is 2. The summed E-state index contributed by atoms with van der Waals surface area (Å²) < 4.78 is 6.60. The van der Waals surface area contributed by atoms with E-state index in [0.717, 1.165) is 28.4 Å². The highest BCUT2D eigenvalue weighted by atomic mass is 79.9. The van der Waals surface area contributed by atoms with E-state index < -0.39 is 6.04 Å². The van der Waals surface area contributed by atoms with Gasteiger partial charge in [-0.25, -0.2) is 0 Å². The largest absolute Gasteiger partial charge is 0.484 e. The summed E-state index contributed by atoms with van der Waals surface area (Å²) in [6.45, 7) is 6.42. The number of benzene rings is 2. The molecule has 2 amide bonds. The fourth-order valence-corrected chi connectivity index (χ4v) is 3.45. The molecule has 1 N–H and O–H groups in total. The quantitative estimate of drug-likeness (QED) is 0.465. The molecule has 0 aliphatic heterocycles. The molecule has 2 aromatic carbocycles. The van der Waals surface area contributed by atoms with Crippen LogP contribution in [0, 0.1) is 6.92 Å². The van der Waals surface area contributed by atoms with E-state index in [0.29, 0.717) is 23.9 Å². The molecule has 0 fully saturated rings. The van der Waals surface area contributed by atoms with Crippen LogP contribution in [-0.2, 0) is 16.1 Å². The molecule has 162 valence electrons. The summed E-state index contributed by atoms with van der Waals surface area (Å²) >= 11 is 9.50. The second kappa shape index (κ2) is 12.0. The first-order valence-corrected chi connectivity index (χ1v) is 11.2. The van der Waals surface area contributed by atoms with Crippen molar-refractivity contribution in [2.45, 2.75) is 46.2 Å². The summed E-state index contributed by atoms with van der Waals surface area (Å²) in [4.78, 5) is 27.2. The summed E-state index contributed by atoms with van der Waals surface area (Å²) in [7, 11) is 0. The van der Waals surface area contributed by atoms with Crippen LogP contribution in [0.25, 0.3) is 0 Å². The average molecular weight is 496 g/mol. The van der Waals surface area contributed by atoms with Gasteiger partial charge in [0.2, 0.25) is 5.91 Å². The minimum absolute atomic E-state index is 0.165. The highest BCUT2D eigenvalue weighted by Crippen LogP contribution is 2.21. The molecule has 0 radical (unpaired) electrons. The van der Waals surface area contributed by atoms with Crippen LogP contribution < -0.4 is 10.1 Å². The fourth-order valence-electron chi connectivity index (χ4n) is 2.89. The van der Waals surface area contributed by atoms with E-state index in [4.69, 9.17) is 16.3 Å². The van der Waals surface area contributed by atoms with Crippen molar-refractivity contribution in [2.24, 2.45) is 0 Å². The minimum atomic E-state index is -0.621. The third-order valence-corrected chi connectivity index (χ3v) is 5.65. The Bertz CT molecular complexity index is 875. The number of nitrogens with zero attached hydrogens (tertiary/aromatic N) is 1. The van der Waals surface area contributed by atoms with Crippen molar-refractivity contribution in [1.82, 2.24) is 10.2 Å². The molecule has 1 atom stereocenters. The van der Waals surface area contributed by atoms with E-state index in [1.165, 1.54) is 0 Å². The average Bonchev–Trinajstić information content (AvgIpc) is 2.72.